The lowest BCUT2D eigenvalue weighted by Crippen LogP contribution is -2.49. The summed E-state index contributed by atoms with van der Waals surface area (Å²) in [5, 5.41) is 2.06. The highest BCUT2D eigenvalue weighted by atomic mass is 19.4. The van der Waals surface area contributed by atoms with Crippen molar-refractivity contribution in [2.75, 3.05) is 6.54 Å². The number of halogens is 3. The number of nitrogens with zero attached hydrogens (tertiary/aromatic N) is 4. The predicted molar refractivity (Wildman–Crippen MR) is 115 cm³/mol. The maximum atomic E-state index is 13.6. The Labute approximate surface area is 188 Å². The van der Waals surface area contributed by atoms with E-state index in [9.17, 15) is 22.8 Å². The van der Waals surface area contributed by atoms with Crippen molar-refractivity contribution >= 4 is 22.8 Å². The minimum Gasteiger partial charge on any atom is -0.338 e. The number of hydrogen-bond donors (Lipinski definition) is 1. The first-order valence-corrected chi connectivity index (χ1v) is 10.7. The van der Waals surface area contributed by atoms with Gasteiger partial charge in [-0.1, -0.05) is 18.2 Å². The average molecular weight is 459 g/mol. The summed E-state index contributed by atoms with van der Waals surface area (Å²) in [5.74, 6) is -0.366. The molecule has 2 amide bonds. The molecule has 1 fully saturated rings. The van der Waals surface area contributed by atoms with E-state index in [2.05, 4.69) is 15.3 Å². The molecule has 2 atom stereocenters. The van der Waals surface area contributed by atoms with Gasteiger partial charge in [-0.25, -0.2) is 4.98 Å². The van der Waals surface area contributed by atoms with Crippen LogP contribution in [0.25, 0.3) is 11.0 Å². The maximum absolute atomic E-state index is 13.6. The summed E-state index contributed by atoms with van der Waals surface area (Å²) < 4.78 is 42.7. The molecule has 1 saturated heterocycles. The molecule has 0 radical (unpaired) electrons. The van der Waals surface area contributed by atoms with Crippen molar-refractivity contribution in [3.63, 3.8) is 0 Å². The summed E-state index contributed by atoms with van der Waals surface area (Å²) in [6, 6.07) is 8.60. The summed E-state index contributed by atoms with van der Waals surface area (Å²) in [4.78, 5) is 35.3. The second kappa shape index (κ2) is 9.21. The number of benzene rings is 1. The Morgan fingerprint density at radius 2 is 1.94 bits per heavy atom. The molecular formula is C23H24F3N5O2. The van der Waals surface area contributed by atoms with Crippen molar-refractivity contribution in [1.29, 1.82) is 0 Å². The highest BCUT2D eigenvalue weighted by Crippen LogP contribution is 2.32. The Hall–Kier alpha value is -3.43. The molecule has 10 heteroatoms. The number of fused-ring (bicyclic) bond motifs is 1. The molecule has 4 rings (SSSR count). The Morgan fingerprint density at radius 1 is 1.18 bits per heavy atom. The number of likely N-dealkylation sites (tertiary alicyclic amines) is 1. The van der Waals surface area contributed by atoms with E-state index in [0.717, 1.165) is 16.9 Å². The molecule has 33 heavy (non-hydrogen) atoms. The van der Waals surface area contributed by atoms with E-state index in [1.54, 1.807) is 0 Å². The van der Waals surface area contributed by atoms with E-state index < -0.39 is 24.2 Å². The molecule has 7 nitrogen and oxygen atoms in total. The molecule has 0 saturated carbocycles. The number of nitrogens with one attached hydrogen (secondary N) is 1. The maximum Gasteiger partial charge on any atom is 0.414 e. The Morgan fingerprint density at radius 3 is 2.64 bits per heavy atom. The zero-order valence-electron chi connectivity index (χ0n) is 18.0. The van der Waals surface area contributed by atoms with Crippen molar-refractivity contribution in [2.45, 2.75) is 43.9 Å². The van der Waals surface area contributed by atoms with E-state index in [-0.39, 0.29) is 18.0 Å². The smallest absolute Gasteiger partial charge is 0.338 e. The number of carbonyl (C=O) groups excluding carboxylic acids is 2. The van der Waals surface area contributed by atoms with Gasteiger partial charge in [0.15, 0.2) is 6.04 Å². The lowest BCUT2D eigenvalue weighted by Gasteiger charge is -2.27. The monoisotopic (exact) mass is 459 g/mol. The standard InChI is InChI=1S/C23H24F3N5O2/c1-30-17-9-3-2-7-15(17)28-19(30)11-12-20(32)31-14-6-10-18(31)22(33)29-21(23(24,25)26)16-8-4-5-13-27-16/h2-5,7-9,13,18,21H,6,10-12,14H2,1H3,(H,29,33)/t18-,21?/m0/s1. The molecule has 1 N–H and O–H groups in total. The van der Waals surface area contributed by atoms with Crippen LogP contribution in [-0.4, -0.2) is 50.0 Å². The van der Waals surface area contributed by atoms with Crippen LogP contribution in [0.2, 0.25) is 0 Å². The van der Waals surface area contributed by atoms with Crippen LogP contribution in [0.5, 0.6) is 0 Å². The van der Waals surface area contributed by atoms with E-state index >= 15 is 0 Å². The third-order valence-electron chi connectivity index (χ3n) is 5.92. The number of aryl methyl sites for hydroxylation is 2. The number of imidazole rings is 1. The minimum absolute atomic E-state index is 0.115. The van der Waals surface area contributed by atoms with Crippen molar-refractivity contribution in [2.24, 2.45) is 7.05 Å². The first-order chi connectivity index (χ1) is 15.8. The number of amides is 2. The second-order valence-corrected chi connectivity index (χ2v) is 8.06. The van der Waals surface area contributed by atoms with Gasteiger partial charge in [0.1, 0.15) is 11.9 Å². The van der Waals surface area contributed by atoms with Gasteiger partial charge in [0.2, 0.25) is 11.8 Å². The van der Waals surface area contributed by atoms with Gasteiger partial charge < -0.3 is 14.8 Å². The molecule has 1 aromatic carbocycles. The Bertz CT molecular complexity index is 1150. The molecule has 0 bridgehead atoms. The number of rotatable bonds is 6. The number of aromatic nitrogens is 3. The van der Waals surface area contributed by atoms with E-state index in [1.165, 1.54) is 29.3 Å². The van der Waals surface area contributed by atoms with E-state index in [4.69, 9.17) is 0 Å². The van der Waals surface area contributed by atoms with Gasteiger partial charge in [-0.3, -0.25) is 14.6 Å². The van der Waals surface area contributed by atoms with Crippen LogP contribution in [0.4, 0.5) is 13.2 Å². The fourth-order valence-electron chi connectivity index (χ4n) is 4.23. The van der Waals surface area contributed by atoms with Gasteiger partial charge in [0.25, 0.3) is 0 Å². The number of hydrogen-bond acceptors (Lipinski definition) is 4. The second-order valence-electron chi connectivity index (χ2n) is 8.06. The Kier molecular flexibility index (Phi) is 6.35. The summed E-state index contributed by atoms with van der Waals surface area (Å²) in [6.07, 6.45) is -2.12. The van der Waals surface area contributed by atoms with E-state index in [0.29, 0.717) is 25.8 Å². The third kappa shape index (κ3) is 4.84. The van der Waals surface area contributed by atoms with Crippen LogP contribution >= 0.6 is 0 Å². The summed E-state index contributed by atoms with van der Waals surface area (Å²) >= 11 is 0. The van der Waals surface area contributed by atoms with Crippen molar-refractivity contribution in [1.82, 2.24) is 24.8 Å². The van der Waals surface area contributed by atoms with Crippen molar-refractivity contribution < 1.29 is 22.8 Å². The van der Waals surface area contributed by atoms with E-state index in [1.807, 2.05) is 35.9 Å². The van der Waals surface area contributed by atoms with Crippen LogP contribution < -0.4 is 5.32 Å². The highest BCUT2D eigenvalue weighted by Gasteiger charge is 2.45. The summed E-state index contributed by atoms with van der Waals surface area (Å²) in [6.45, 7) is 0.333. The zero-order valence-corrected chi connectivity index (χ0v) is 18.0. The highest BCUT2D eigenvalue weighted by molar-refractivity contribution is 5.88. The number of alkyl halides is 3. The van der Waals surface area contributed by atoms with Gasteiger partial charge in [-0.05, 0) is 37.1 Å². The molecule has 0 aliphatic carbocycles. The number of para-hydroxylation sites is 2. The quantitative estimate of drug-likeness (QED) is 0.614. The molecule has 1 aliphatic rings. The van der Waals surface area contributed by atoms with Crippen LogP contribution in [-0.2, 0) is 23.1 Å². The molecule has 2 aromatic heterocycles. The van der Waals surface area contributed by atoms with Crippen LogP contribution in [0.1, 0.15) is 36.8 Å². The molecule has 0 spiro atoms. The topological polar surface area (TPSA) is 80.1 Å². The number of carbonyl (C=O) groups is 2. The molecule has 174 valence electrons. The Balaban J connectivity index is 1.43. The lowest BCUT2D eigenvalue weighted by molar-refractivity contribution is -0.165. The number of pyridine rings is 1. The molecule has 1 unspecified atom stereocenters. The predicted octanol–water partition coefficient (Wildman–Crippen LogP) is 3.31. The molecule has 3 aromatic rings. The van der Waals surface area contributed by atoms with Gasteiger partial charge >= 0.3 is 6.18 Å². The summed E-state index contributed by atoms with van der Waals surface area (Å²) in [7, 11) is 1.87. The molecule has 1 aliphatic heterocycles. The van der Waals surface area contributed by atoms with Crippen LogP contribution in [0.15, 0.2) is 48.7 Å². The fraction of sp³-hybridized carbons (Fsp3) is 0.391. The average Bonchev–Trinajstić information content (AvgIpc) is 3.41. The first kappa shape index (κ1) is 22.8. The largest absolute Gasteiger partial charge is 0.414 e. The van der Waals surface area contributed by atoms with Crippen molar-refractivity contribution in [3.8, 4) is 0 Å². The van der Waals surface area contributed by atoms with Gasteiger partial charge in [-0.15, -0.1) is 0 Å². The summed E-state index contributed by atoms with van der Waals surface area (Å²) in [5.41, 5.74) is 1.48. The normalized spacial score (nSPS) is 17.3. The van der Waals surface area contributed by atoms with Crippen molar-refractivity contribution in [3.05, 3.63) is 60.2 Å². The fourth-order valence-corrected chi connectivity index (χ4v) is 4.23. The van der Waals surface area contributed by atoms with Gasteiger partial charge in [0.05, 0.1) is 16.7 Å². The lowest BCUT2D eigenvalue weighted by atomic mass is 10.1. The molecular weight excluding hydrogens is 435 g/mol. The van der Waals surface area contributed by atoms with Crippen LogP contribution in [0.3, 0.4) is 0 Å². The van der Waals surface area contributed by atoms with Gasteiger partial charge in [0, 0.05) is 32.6 Å². The SMILES string of the molecule is Cn1c(CCC(=O)N2CCC[C@H]2C(=O)NC(c2ccccn2)C(F)(F)F)nc2ccccc21. The molecule has 3 heterocycles. The zero-order chi connectivity index (χ0) is 23.6. The van der Waals surface area contributed by atoms with Gasteiger partial charge in [-0.2, -0.15) is 13.2 Å². The first-order valence-electron chi connectivity index (χ1n) is 10.7. The third-order valence-corrected chi connectivity index (χ3v) is 5.92. The minimum atomic E-state index is -4.71. The van der Waals surface area contributed by atoms with Crippen LogP contribution in [0, 0.1) is 0 Å².